The number of hydrogen-bond donors (Lipinski definition) is 1. The quantitative estimate of drug-likeness (QED) is 0.752. The van der Waals surface area contributed by atoms with Gasteiger partial charge in [-0.15, -0.1) is 0 Å². The molecule has 1 fully saturated rings. The van der Waals surface area contributed by atoms with Crippen molar-refractivity contribution in [1.82, 2.24) is 0 Å². The summed E-state index contributed by atoms with van der Waals surface area (Å²) in [5.74, 6) is 0.325. The lowest BCUT2D eigenvalue weighted by atomic mass is 9.56. The van der Waals surface area contributed by atoms with Crippen molar-refractivity contribution in [3.05, 3.63) is 35.1 Å². The van der Waals surface area contributed by atoms with Gasteiger partial charge in [-0.1, -0.05) is 19.9 Å². The maximum atomic E-state index is 13.0. The van der Waals surface area contributed by atoms with E-state index in [1.54, 1.807) is 12.1 Å². The van der Waals surface area contributed by atoms with Crippen molar-refractivity contribution >= 4 is 0 Å². The molecule has 1 aliphatic carbocycles. The second-order valence-electron chi connectivity index (χ2n) is 5.22. The van der Waals surface area contributed by atoms with Crippen LogP contribution in [0.3, 0.4) is 0 Å². The minimum absolute atomic E-state index is 0.141. The molecular weight excluding hydrogens is 189 g/mol. The van der Waals surface area contributed by atoms with Crippen molar-refractivity contribution in [2.75, 3.05) is 0 Å². The lowest BCUT2D eigenvalue weighted by molar-refractivity contribution is 0.0979. The zero-order valence-corrected chi connectivity index (χ0v) is 9.55. The Hall–Kier alpha value is -0.890. The Bertz CT molecular complexity index is 384. The maximum Gasteiger partial charge on any atom is 0.123 e. The van der Waals surface area contributed by atoms with Crippen LogP contribution in [0, 0.1) is 18.2 Å². The summed E-state index contributed by atoms with van der Waals surface area (Å²) in [7, 11) is 0. The van der Waals surface area contributed by atoms with E-state index in [1.165, 1.54) is 5.56 Å². The predicted octanol–water partition coefficient (Wildman–Crippen LogP) is 2.97. The summed E-state index contributed by atoms with van der Waals surface area (Å²) in [6.45, 7) is 6.35. The van der Waals surface area contributed by atoms with Crippen LogP contribution < -0.4 is 5.73 Å². The SMILES string of the molecule is Cc1cc(F)ccc1C1CC(N)C1(C)C. The van der Waals surface area contributed by atoms with Gasteiger partial charge in [0, 0.05) is 6.04 Å². The number of nitrogens with two attached hydrogens (primary N) is 1. The topological polar surface area (TPSA) is 26.0 Å². The molecule has 0 amide bonds. The minimum Gasteiger partial charge on any atom is -0.327 e. The molecule has 1 aromatic carbocycles. The van der Waals surface area contributed by atoms with E-state index in [-0.39, 0.29) is 17.3 Å². The van der Waals surface area contributed by atoms with Crippen LogP contribution in [0.4, 0.5) is 4.39 Å². The van der Waals surface area contributed by atoms with Crippen LogP contribution in [0.1, 0.15) is 37.3 Å². The highest BCUT2D eigenvalue weighted by molar-refractivity contribution is 5.34. The van der Waals surface area contributed by atoms with E-state index in [1.807, 2.05) is 13.0 Å². The Morgan fingerprint density at radius 1 is 1.40 bits per heavy atom. The Kier molecular flexibility index (Phi) is 2.34. The molecule has 1 nitrogen and oxygen atoms in total. The second kappa shape index (κ2) is 3.31. The first kappa shape index (κ1) is 10.6. The highest BCUT2D eigenvalue weighted by atomic mass is 19.1. The fourth-order valence-corrected chi connectivity index (χ4v) is 2.52. The summed E-state index contributed by atoms with van der Waals surface area (Å²) in [5, 5.41) is 0. The first-order valence-electron chi connectivity index (χ1n) is 5.44. The highest BCUT2D eigenvalue weighted by Gasteiger charge is 2.46. The first-order chi connectivity index (χ1) is 6.93. The van der Waals surface area contributed by atoms with Gasteiger partial charge in [-0.3, -0.25) is 0 Å². The Balaban J connectivity index is 2.32. The molecule has 0 heterocycles. The van der Waals surface area contributed by atoms with Crippen LogP contribution in [0.15, 0.2) is 18.2 Å². The minimum atomic E-state index is -0.155. The van der Waals surface area contributed by atoms with Crippen LogP contribution in [0.2, 0.25) is 0 Å². The third-order valence-electron chi connectivity index (χ3n) is 3.95. The zero-order valence-electron chi connectivity index (χ0n) is 9.55. The molecular formula is C13H18FN. The predicted molar refractivity (Wildman–Crippen MR) is 60.3 cm³/mol. The normalized spacial score (nSPS) is 28.6. The summed E-state index contributed by atoms with van der Waals surface area (Å²) < 4.78 is 13.0. The van der Waals surface area contributed by atoms with Gasteiger partial charge in [0.05, 0.1) is 0 Å². The Labute approximate surface area is 90.5 Å². The highest BCUT2D eigenvalue weighted by Crippen LogP contribution is 2.52. The van der Waals surface area contributed by atoms with Gasteiger partial charge in [-0.25, -0.2) is 4.39 Å². The summed E-state index contributed by atoms with van der Waals surface area (Å²) in [4.78, 5) is 0. The third-order valence-corrected chi connectivity index (χ3v) is 3.95. The third kappa shape index (κ3) is 1.57. The molecule has 15 heavy (non-hydrogen) atoms. The number of rotatable bonds is 1. The van der Waals surface area contributed by atoms with Gasteiger partial charge in [0.15, 0.2) is 0 Å². The molecule has 0 spiro atoms. The van der Waals surface area contributed by atoms with Crippen molar-refractivity contribution in [3.8, 4) is 0 Å². The molecule has 2 atom stereocenters. The molecule has 2 unspecified atom stereocenters. The first-order valence-corrected chi connectivity index (χ1v) is 5.44. The lowest BCUT2D eigenvalue weighted by Crippen LogP contribution is -2.52. The molecule has 2 rings (SSSR count). The summed E-state index contributed by atoms with van der Waals surface area (Å²) in [5.41, 5.74) is 8.43. The molecule has 0 radical (unpaired) electrons. The molecule has 82 valence electrons. The van der Waals surface area contributed by atoms with E-state index in [2.05, 4.69) is 13.8 Å². The molecule has 0 bridgehead atoms. The van der Waals surface area contributed by atoms with Gasteiger partial charge in [-0.2, -0.15) is 0 Å². The number of halogens is 1. The molecule has 0 saturated heterocycles. The Morgan fingerprint density at radius 2 is 2.07 bits per heavy atom. The average molecular weight is 207 g/mol. The summed E-state index contributed by atoms with van der Waals surface area (Å²) in [6, 6.07) is 5.33. The fourth-order valence-electron chi connectivity index (χ4n) is 2.52. The van der Waals surface area contributed by atoms with Gasteiger partial charge in [0.1, 0.15) is 5.82 Å². The van der Waals surface area contributed by atoms with Crippen molar-refractivity contribution in [2.45, 2.75) is 39.2 Å². The number of benzene rings is 1. The molecule has 0 aromatic heterocycles. The summed E-state index contributed by atoms with van der Waals surface area (Å²) in [6.07, 6.45) is 1.01. The smallest absolute Gasteiger partial charge is 0.123 e. The molecule has 2 N–H and O–H groups in total. The van der Waals surface area contributed by atoms with E-state index < -0.39 is 0 Å². The van der Waals surface area contributed by atoms with Crippen molar-refractivity contribution in [2.24, 2.45) is 11.1 Å². The monoisotopic (exact) mass is 207 g/mol. The van der Waals surface area contributed by atoms with E-state index in [0.29, 0.717) is 5.92 Å². The summed E-state index contributed by atoms with van der Waals surface area (Å²) >= 11 is 0. The molecule has 1 saturated carbocycles. The van der Waals surface area contributed by atoms with Crippen LogP contribution in [-0.2, 0) is 0 Å². The second-order valence-corrected chi connectivity index (χ2v) is 5.22. The number of hydrogen-bond acceptors (Lipinski definition) is 1. The van der Waals surface area contributed by atoms with Gasteiger partial charge in [-0.05, 0) is 47.9 Å². The molecule has 1 aliphatic rings. The van der Waals surface area contributed by atoms with Crippen molar-refractivity contribution < 1.29 is 4.39 Å². The van der Waals surface area contributed by atoms with Crippen LogP contribution in [0.5, 0.6) is 0 Å². The molecule has 1 aromatic rings. The van der Waals surface area contributed by atoms with Crippen molar-refractivity contribution in [1.29, 1.82) is 0 Å². The van der Waals surface area contributed by atoms with Gasteiger partial charge >= 0.3 is 0 Å². The standard InChI is InChI=1S/C13H18FN/c1-8-6-9(14)4-5-10(8)11-7-12(15)13(11,2)3/h4-6,11-12H,7,15H2,1-3H3. The van der Waals surface area contributed by atoms with Gasteiger partial charge < -0.3 is 5.73 Å². The van der Waals surface area contributed by atoms with Crippen LogP contribution >= 0.6 is 0 Å². The van der Waals surface area contributed by atoms with E-state index in [9.17, 15) is 4.39 Å². The molecule has 2 heteroatoms. The van der Waals surface area contributed by atoms with Crippen LogP contribution in [-0.4, -0.2) is 6.04 Å². The van der Waals surface area contributed by atoms with Gasteiger partial charge in [0.2, 0.25) is 0 Å². The molecule has 0 aliphatic heterocycles. The van der Waals surface area contributed by atoms with E-state index in [0.717, 1.165) is 12.0 Å². The van der Waals surface area contributed by atoms with E-state index in [4.69, 9.17) is 5.73 Å². The van der Waals surface area contributed by atoms with Crippen molar-refractivity contribution in [3.63, 3.8) is 0 Å². The largest absolute Gasteiger partial charge is 0.327 e. The van der Waals surface area contributed by atoms with Gasteiger partial charge in [0.25, 0.3) is 0 Å². The fraction of sp³-hybridized carbons (Fsp3) is 0.538. The number of aryl methyl sites for hydroxylation is 1. The van der Waals surface area contributed by atoms with E-state index >= 15 is 0 Å². The zero-order chi connectivity index (χ0) is 11.2. The lowest BCUT2D eigenvalue weighted by Gasteiger charge is -2.51. The Morgan fingerprint density at radius 3 is 2.53 bits per heavy atom. The van der Waals surface area contributed by atoms with Crippen LogP contribution in [0.25, 0.3) is 0 Å². The maximum absolute atomic E-state index is 13.0. The average Bonchev–Trinajstić information content (AvgIpc) is 2.15.